The van der Waals surface area contributed by atoms with Crippen LogP contribution in [0.5, 0.6) is 0 Å². The Hall–Kier alpha value is -1.64. The van der Waals surface area contributed by atoms with Gasteiger partial charge in [0.1, 0.15) is 15.6 Å². The van der Waals surface area contributed by atoms with Crippen LogP contribution >= 0.6 is 24.0 Å². The summed E-state index contributed by atoms with van der Waals surface area (Å²) < 4.78 is 27.4. The van der Waals surface area contributed by atoms with Crippen LogP contribution in [-0.2, 0) is 10.0 Å². The maximum absolute atomic E-state index is 12.5. The van der Waals surface area contributed by atoms with Gasteiger partial charge in [0.15, 0.2) is 0 Å². The third-order valence-corrected chi connectivity index (χ3v) is 4.95. The minimum Gasteiger partial charge on any atom is -0.388 e. The highest BCUT2D eigenvalue weighted by molar-refractivity contribution is 7.98. The van der Waals surface area contributed by atoms with Crippen LogP contribution in [0.2, 0.25) is 0 Å². The van der Waals surface area contributed by atoms with Crippen molar-refractivity contribution >= 4 is 44.7 Å². The quantitative estimate of drug-likeness (QED) is 0.642. The number of thiocarbonyl (C=S) groups is 1. The molecule has 0 aliphatic carbocycles. The van der Waals surface area contributed by atoms with E-state index in [2.05, 4.69) is 9.71 Å². The predicted molar refractivity (Wildman–Crippen MR) is 89.2 cm³/mol. The smallest absolute Gasteiger partial charge is 0.264 e. The van der Waals surface area contributed by atoms with Gasteiger partial charge in [-0.1, -0.05) is 18.3 Å². The Labute approximate surface area is 133 Å². The highest BCUT2D eigenvalue weighted by Crippen LogP contribution is 2.22. The van der Waals surface area contributed by atoms with Crippen molar-refractivity contribution in [1.82, 2.24) is 4.98 Å². The maximum Gasteiger partial charge on any atom is 0.264 e. The first kappa shape index (κ1) is 15.7. The van der Waals surface area contributed by atoms with Crippen molar-refractivity contribution in [1.29, 1.82) is 0 Å². The van der Waals surface area contributed by atoms with Crippen molar-refractivity contribution in [2.24, 2.45) is 5.73 Å². The van der Waals surface area contributed by atoms with E-state index in [1.165, 1.54) is 30.1 Å². The molecule has 0 aliphatic heterocycles. The largest absolute Gasteiger partial charge is 0.388 e. The number of nitrogens with two attached hydrogens (primary N) is 1. The van der Waals surface area contributed by atoms with Crippen molar-refractivity contribution in [3.05, 3.63) is 48.3 Å². The Balaban J connectivity index is 2.41. The lowest BCUT2D eigenvalue weighted by Crippen LogP contribution is -2.21. The minimum atomic E-state index is -3.80. The monoisotopic (exact) mass is 339 g/mol. The summed E-state index contributed by atoms with van der Waals surface area (Å²) in [5, 5.41) is 0. The molecule has 0 amide bonds. The first-order chi connectivity index (χ1) is 9.94. The van der Waals surface area contributed by atoms with Gasteiger partial charge >= 0.3 is 0 Å². The van der Waals surface area contributed by atoms with Crippen LogP contribution in [0.15, 0.2) is 52.4 Å². The van der Waals surface area contributed by atoms with Gasteiger partial charge in [-0.25, -0.2) is 8.42 Å². The van der Waals surface area contributed by atoms with Crippen molar-refractivity contribution in [3.8, 4) is 0 Å². The topological polar surface area (TPSA) is 85.1 Å². The molecule has 0 saturated carbocycles. The Kier molecular flexibility index (Phi) is 4.81. The van der Waals surface area contributed by atoms with Gasteiger partial charge < -0.3 is 5.73 Å². The number of thioether (sulfide) groups is 1. The van der Waals surface area contributed by atoms with Crippen LogP contribution in [0.4, 0.5) is 5.69 Å². The third-order valence-electron chi connectivity index (χ3n) is 2.62. The molecule has 2 aromatic rings. The fraction of sp³-hybridized carbons (Fsp3) is 0.0769. The van der Waals surface area contributed by atoms with E-state index < -0.39 is 10.0 Å². The number of rotatable bonds is 5. The van der Waals surface area contributed by atoms with Crippen LogP contribution in [0.25, 0.3) is 0 Å². The summed E-state index contributed by atoms with van der Waals surface area (Å²) >= 11 is 6.37. The molecule has 0 fully saturated rings. The SMILES string of the molecule is CSc1cccc(NS(=O)(=O)c2cccnc2C(N)=S)c1. The van der Waals surface area contributed by atoms with Gasteiger partial charge in [-0.15, -0.1) is 11.8 Å². The number of hydrogen-bond acceptors (Lipinski definition) is 5. The molecule has 0 bridgehead atoms. The maximum atomic E-state index is 12.5. The summed E-state index contributed by atoms with van der Waals surface area (Å²) in [5.41, 5.74) is 6.08. The van der Waals surface area contributed by atoms with Crippen LogP contribution in [0.1, 0.15) is 5.69 Å². The molecular formula is C13H13N3O2S3. The molecule has 0 unspecified atom stereocenters. The molecule has 0 radical (unpaired) electrons. The number of nitrogens with zero attached hydrogens (tertiary/aromatic N) is 1. The molecule has 1 aromatic carbocycles. The van der Waals surface area contributed by atoms with Gasteiger partial charge in [0.05, 0.1) is 0 Å². The third kappa shape index (κ3) is 3.72. The Bertz CT molecular complexity index is 776. The minimum absolute atomic E-state index is 0.0351. The number of sulfonamides is 1. The molecule has 21 heavy (non-hydrogen) atoms. The zero-order valence-electron chi connectivity index (χ0n) is 11.1. The lowest BCUT2D eigenvalue weighted by atomic mass is 10.3. The summed E-state index contributed by atoms with van der Waals surface area (Å²) in [6.07, 6.45) is 3.36. The zero-order valence-corrected chi connectivity index (χ0v) is 13.6. The second-order valence-corrected chi connectivity index (χ2v) is 7.02. The molecule has 0 saturated heterocycles. The van der Waals surface area contributed by atoms with Gasteiger partial charge in [-0.2, -0.15) is 0 Å². The molecule has 0 spiro atoms. The molecule has 8 heteroatoms. The fourth-order valence-corrected chi connectivity index (χ4v) is 3.60. The molecule has 1 heterocycles. The van der Waals surface area contributed by atoms with E-state index in [0.717, 1.165) is 4.90 Å². The highest BCUT2D eigenvalue weighted by Gasteiger charge is 2.20. The molecule has 0 aliphatic rings. The molecule has 110 valence electrons. The van der Waals surface area contributed by atoms with Crippen LogP contribution < -0.4 is 10.5 Å². The molecule has 2 rings (SSSR count). The Morgan fingerprint density at radius 1 is 1.33 bits per heavy atom. The average Bonchev–Trinajstić information content (AvgIpc) is 2.47. The normalized spacial score (nSPS) is 11.1. The van der Waals surface area contributed by atoms with Crippen LogP contribution in [0, 0.1) is 0 Å². The number of anilines is 1. The lowest BCUT2D eigenvalue weighted by molar-refractivity contribution is 0.600. The second-order valence-electron chi connectivity index (χ2n) is 4.05. The summed E-state index contributed by atoms with van der Waals surface area (Å²) in [6, 6.07) is 10.0. The van der Waals surface area contributed by atoms with E-state index in [1.807, 2.05) is 12.3 Å². The lowest BCUT2D eigenvalue weighted by Gasteiger charge is -2.11. The Morgan fingerprint density at radius 3 is 2.76 bits per heavy atom. The van der Waals surface area contributed by atoms with Crippen LogP contribution in [0.3, 0.4) is 0 Å². The van der Waals surface area contributed by atoms with Crippen molar-refractivity contribution < 1.29 is 8.42 Å². The van der Waals surface area contributed by atoms with E-state index in [4.69, 9.17) is 18.0 Å². The van der Waals surface area contributed by atoms with E-state index in [9.17, 15) is 8.42 Å². The van der Waals surface area contributed by atoms with Gasteiger partial charge in [0.25, 0.3) is 10.0 Å². The number of pyridine rings is 1. The van der Waals surface area contributed by atoms with E-state index in [0.29, 0.717) is 5.69 Å². The van der Waals surface area contributed by atoms with E-state index in [-0.39, 0.29) is 15.6 Å². The van der Waals surface area contributed by atoms with Crippen molar-refractivity contribution in [2.75, 3.05) is 11.0 Å². The average molecular weight is 339 g/mol. The fourth-order valence-electron chi connectivity index (χ4n) is 1.69. The summed E-state index contributed by atoms with van der Waals surface area (Å²) in [4.78, 5) is 4.79. The van der Waals surface area contributed by atoms with Gasteiger partial charge in [-0.3, -0.25) is 9.71 Å². The number of hydrogen-bond donors (Lipinski definition) is 2. The zero-order chi connectivity index (χ0) is 15.5. The summed E-state index contributed by atoms with van der Waals surface area (Å²) in [6.45, 7) is 0. The van der Waals surface area contributed by atoms with Gasteiger partial charge in [0.2, 0.25) is 0 Å². The van der Waals surface area contributed by atoms with Crippen molar-refractivity contribution in [2.45, 2.75) is 9.79 Å². The second kappa shape index (κ2) is 6.42. The standard InChI is InChI=1S/C13H13N3O2S3/c1-20-10-5-2-4-9(8-10)16-21(17,18)11-6-3-7-15-12(11)13(14)19/h2-8,16H,1H3,(H2,14,19). The number of aromatic nitrogens is 1. The Morgan fingerprint density at radius 2 is 2.10 bits per heavy atom. The summed E-state index contributed by atoms with van der Waals surface area (Å²) in [5.74, 6) is 0. The van der Waals surface area contributed by atoms with Gasteiger partial charge in [0, 0.05) is 16.8 Å². The van der Waals surface area contributed by atoms with Crippen molar-refractivity contribution in [3.63, 3.8) is 0 Å². The van der Waals surface area contributed by atoms with Crippen LogP contribution in [-0.4, -0.2) is 24.6 Å². The first-order valence-electron chi connectivity index (χ1n) is 5.86. The highest BCUT2D eigenvalue weighted by atomic mass is 32.2. The number of benzene rings is 1. The van der Waals surface area contributed by atoms with Gasteiger partial charge in [-0.05, 0) is 36.6 Å². The molecule has 3 N–H and O–H groups in total. The summed E-state index contributed by atoms with van der Waals surface area (Å²) in [7, 11) is -3.80. The molecular weight excluding hydrogens is 326 g/mol. The molecule has 5 nitrogen and oxygen atoms in total. The molecule has 0 atom stereocenters. The van der Waals surface area contributed by atoms with E-state index in [1.54, 1.807) is 18.2 Å². The molecule has 1 aromatic heterocycles. The first-order valence-corrected chi connectivity index (χ1v) is 8.97. The predicted octanol–water partition coefficient (Wildman–Crippen LogP) is 2.24. The number of nitrogens with one attached hydrogen (secondary N) is 1. The van der Waals surface area contributed by atoms with E-state index >= 15 is 0 Å².